The summed E-state index contributed by atoms with van der Waals surface area (Å²) in [6.07, 6.45) is -3.09. The van der Waals surface area contributed by atoms with Crippen LogP contribution in [0.5, 0.6) is 0 Å². The molecule has 0 amide bonds. The van der Waals surface area contributed by atoms with Crippen LogP contribution in [0.25, 0.3) is 0 Å². The maximum Gasteiger partial charge on any atom is 0.111 e. The Kier molecular flexibility index (Phi) is 10.1. The number of ether oxygens (including phenoxy) is 1. The first-order valence-electron chi connectivity index (χ1n) is 5.44. The summed E-state index contributed by atoms with van der Waals surface area (Å²) in [6, 6.07) is 0. The van der Waals surface area contributed by atoms with E-state index in [-0.39, 0.29) is 6.61 Å². The number of hydrogen-bond donors (Lipinski definition) is 5. The van der Waals surface area contributed by atoms with Crippen LogP contribution in [0.1, 0.15) is 6.42 Å². The van der Waals surface area contributed by atoms with Gasteiger partial charge in [0.05, 0.1) is 13.2 Å². The molecule has 0 fully saturated rings. The lowest BCUT2D eigenvalue weighted by Gasteiger charge is -2.25. The van der Waals surface area contributed by atoms with E-state index in [0.29, 0.717) is 6.61 Å². The highest BCUT2D eigenvalue weighted by atomic mass is 32.2. The van der Waals surface area contributed by atoms with Crippen molar-refractivity contribution in [2.24, 2.45) is 0 Å². The topological polar surface area (TPSA) is 110 Å². The largest absolute Gasteiger partial charge is 0.394 e. The molecule has 0 bridgehead atoms. The molecule has 0 aliphatic carbocycles. The highest BCUT2D eigenvalue weighted by Gasteiger charge is 2.29. The molecule has 6 nitrogen and oxygen atoms in total. The highest BCUT2D eigenvalue weighted by molar-refractivity contribution is 7.98. The zero-order chi connectivity index (χ0) is 13.3. The van der Waals surface area contributed by atoms with Gasteiger partial charge in [-0.1, -0.05) is 0 Å². The molecule has 0 saturated heterocycles. The number of hydrogen-bond acceptors (Lipinski definition) is 7. The molecule has 0 aliphatic heterocycles. The molecule has 0 heterocycles. The van der Waals surface area contributed by atoms with Crippen LogP contribution in [-0.2, 0) is 4.74 Å². The summed E-state index contributed by atoms with van der Waals surface area (Å²) in [4.78, 5) is 0. The molecule has 5 N–H and O–H groups in total. The molecular weight excluding hydrogens is 248 g/mol. The standard InChI is InChI=1S/C10H22O6S/c1-17-4-2-3-16-6-8(13)10(15)9(14)7(12)5-11/h7-15H,2-6H2,1H3. The van der Waals surface area contributed by atoms with E-state index in [9.17, 15) is 15.3 Å². The third-order valence-corrected chi connectivity index (χ3v) is 2.95. The number of aliphatic hydroxyl groups is 5. The van der Waals surface area contributed by atoms with Crippen molar-refractivity contribution >= 4 is 11.8 Å². The minimum Gasteiger partial charge on any atom is -0.394 e. The fraction of sp³-hybridized carbons (Fsp3) is 1.00. The van der Waals surface area contributed by atoms with Gasteiger partial charge in [0.1, 0.15) is 24.4 Å². The van der Waals surface area contributed by atoms with Crippen LogP contribution in [0, 0.1) is 0 Å². The third kappa shape index (κ3) is 7.20. The van der Waals surface area contributed by atoms with E-state index in [1.165, 1.54) is 0 Å². The summed E-state index contributed by atoms with van der Waals surface area (Å²) in [5.41, 5.74) is 0. The van der Waals surface area contributed by atoms with Crippen molar-refractivity contribution in [2.45, 2.75) is 30.8 Å². The van der Waals surface area contributed by atoms with Gasteiger partial charge in [0, 0.05) is 6.61 Å². The van der Waals surface area contributed by atoms with Gasteiger partial charge in [-0.25, -0.2) is 0 Å². The summed E-state index contributed by atoms with van der Waals surface area (Å²) >= 11 is 1.69. The molecule has 0 saturated carbocycles. The molecular formula is C10H22O6S. The zero-order valence-electron chi connectivity index (χ0n) is 9.90. The van der Waals surface area contributed by atoms with Gasteiger partial charge in [-0.05, 0) is 18.4 Å². The molecule has 4 atom stereocenters. The minimum absolute atomic E-state index is 0.120. The lowest BCUT2D eigenvalue weighted by Crippen LogP contribution is -2.47. The van der Waals surface area contributed by atoms with Crippen molar-refractivity contribution in [3.05, 3.63) is 0 Å². The molecule has 0 aromatic carbocycles. The Hall–Kier alpha value is 0.110. The SMILES string of the molecule is CSCCCOCC(O)C(O)C(O)C(O)CO. The second kappa shape index (κ2) is 10.1. The van der Waals surface area contributed by atoms with Crippen LogP contribution in [0.2, 0.25) is 0 Å². The summed E-state index contributed by atoms with van der Waals surface area (Å²) in [6.45, 7) is -0.340. The van der Waals surface area contributed by atoms with Crippen molar-refractivity contribution in [2.75, 3.05) is 31.8 Å². The van der Waals surface area contributed by atoms with E-state index in [1.807, 2.05) is 6.26 Å². The summed E-state index contributed by atoms with van der Waals surface area (Å²) in [5, 5.41) is 45.9. The molecule has 17 heavy (non-hydrogen) atoms. The average Bonchev–Trinajstić information content (AvgIpc) is 2.35. The molecule has 0 radical (unpaired) electrons. The van der Waals surface area contributed by atoms with Crippen molar-refractivity contribution < 1.29 is 30.3 Å². The molecule has 0 rings (SSSR count). The number of rotatable bonds is 10. The third-order valence-electron chi connectivity index (χ3n) is 2.25. The Labute approximate surface area is 105 Å². The predicted octanol–water partition coefficient (Wildman–Crippen LogP) is -1.81. The first-order valence-corrected chi connectivity index (χ1v) is 6.83. The monoisotopic (exact) mass is 270 g/mol. The second-order valence-corrected chi connectivity index (χ2v) is 4.71. The Morgan fingerprint density at radius 1 is 1.06 bits per heavy atom. The predicted molar refractivity (Wildman–Crippen MR) is 64.9 cm³/mol. The van der Waals surface area contributed by atoms with Crippen molar-refractivity contribution in [3.63, 3.8) is 0 Å². The molecule has 0 aromatic heterocycles. The van der Waals surface area contributed by atoms with Crippen LogP contribution in [0.15, 0.2) is 0 Å². The molecule has 0 spiro atoms. The van der Waals surface area contributed by atoms with Gasteiger partial charge in [0.25, 0.3) is 0 Å². The summed E-state index contributed by atoms with van der Waals surface area (Å²) in [5.74, 6) is 0.949. The van der Waals surface area contributed by atoms with Crippen molar-refractivity contribution in [1.82, 2.24) is 0 Å². The van der Waals surface area contributed by atoms with Crippen LogP contribution in [0.4, 0.5) is 0 Å². The van der Waals surface area contributed by atoms with Gasteiger partial charge in [-0.15, -0.1) is 0 Å². The fourth-order valence-electron chi connectivity index (χ4n) is 1.17. The lowest BCUT2D eigenvalue weighted by molar-refractivity contribution is -0.129. The zero-order valence-corrected chi connectivity index (χ0v) is 10.7. The highest BCUT2D eigenvalue weighted by Crippen LogP contribution is 2.06. The average molecular weight is 270 g/mol. The summed E-state index contributed by atoms with van der Waals surface area (Å²) in [7, 11) is 0. The first-order chi connectivity index (χ1) is 8.04. The van der Waals surface area contributed by atoms with Crippen LogP contribution in [-0.4, -0.2) is 81.8 Å². The minimum atomic E-state index is -1.59. The summed E-state index contributed by atoms with van der Waals surface area (Å²) < 4.78 is 5.10. The van der Waals surface area contributed by atoms with Gasteiger partial charge in [0.15, 0.2) is 0 Å². The Balaban J connectivity index is 3.76. The van der Waals surface area contributed by atoms with E-state index in [0.717, 1.165) is 12.2 Å². The molecule has 0 aromatic rings. The van der Waals surface area contributed by atoms with Crippen LogP contribution < -0.4 is 0 Å². The van der Waals surface area contributed by atoms with E-state index in [1.54, 1.807) is 11.8 Å². The van der Waals surface area contributed by atoms with Gasteiger partial charge >= 0.3 is 0 Å². The fourth-order valence-corrected chi connectivity index (χ4v) is 1.58. The van der Waals surface area contributed by atoms with Crippen LogP contribution >= 0.6 is 11.8 Å². The normalized spacial score (nSPS) is 18.7. The van der Waals surface area contributed by atoms with Crippen molar-refractivity contribution in [3.8, 4) is 0 Å². The number of aliphatic hydroxyl groups excluding tert-OH is 5. The maximum atomic E-state index is 9.46. The van der Waals surface area contributed by atoms with E-state index in [2.05, 4.69) is 0 Å². The molecule has 0 aliphatic rings. The Morgan fingerprint density at radius 3 is 2.18 bits per heavy atom. The van der Waals surface area contributed by atoms with E-state index < -0.39 is 31.0 Å². The van der Waals surface area contributed by atoms with Gasteiger partial charge in [-0.2, -0.15) is 11.8 Å². The van der Waals surface area contributed by atoms with Crippen molar-refractivity contribution in [1.29, 1.82) is 0 Å². The molecule has 7 heteroatoms. The van der Waals surface area contributed by atoms with Gasteiger partial charge in [0.2, 0.25) is 0 Å². The van der Waals surface area contributed by atoms with E-state index in [4.69, 9.17) is 14.9 Å². The second-order valence-electron chi connectivity index (χ2n) is 3.72. The van der Waals surface area contributed by atoms with Crippen LogP contribution in [0.3, 0.4) is 0 Å². The van der Waals surface area contributed by atoms with Gasteiger partial charge in [-0.3, -0.25) is 0 Å². The van der Waals surface area contributed by atoms with Gasteiger partial charge < -0.3 is 30.3 Å². The quantitative estimate of drug-likeness (QED) is 0.298. The smallest absolute Gasteiger partial charge is 0.111 e. The van der Waals surface area contributed by atoms with E-state index >= 15 is 0 Å². The lowest BCUT2D eigenvalue weighted by atomic mass is 10.0. The molecule has 104 valence electrons. The first kappa shape index (κ1) is 17.1. The maximum absolute atomic E-state index is 9.46. The Bertz CT molecular complexity index is 182. The Morgan fingerprint density at radius 2 is 1.65 bits per heavy atom. The molecule has 4 unspecified atom stereocenters. The number of thioether (sulfide) groups is 1.